The number of amidine groups is 1. The number of carbonyl (C=O) groups excluding carboxylic acids is 1. The van der Waals surface area contributed by atoms with Crippen LogP contribution in [0.3, 0.4) is 0 Å². The summed E-state index contributed by atoms with van der Waals surface area (Å²) in [4.78, 5) is 14.8. The van der Waals surface area contributed by atoms with E-state index >= 15 is 0 Å². The molecule has 0 unspecified atom stereocenters. The van der Waals surface area contributed by atoms with Gasteiger partial charge >= 0.3 is 0 Å². The molecule has 5 N–H and O–H groups in total. The molecule has 1 heterocycles. The fourth-order valence-electron chi connectivity index (χ4n) is 3.79. The van der Waals surface area contributed by atoms with E-state index in [0.717, 1.165) is 37.3 Å². The van der Waals surface area contributed by atoms with Crippen LogP contribution in [0.15, 0.2) is 60.2 Å². The maximum atomic E-state index is 12.8. The van der Waals surface area contributed by atoms with Crippen molar-refractivity contribution in [2.75, 3.05) is 36.4 Å². The third-order valence-electron chi connectivity index (χ3n) is 5.58. The van der Waals surface area contributed by atoms with Crippen LogP contribution in [0.25, 0.3) is 0 Å². The van der Waals surface area contributed by atoms with E-state index in [1.54, 1.807) is 6.07 Å². The highest BCUT2D eigenvalue weighted by Crippen LogP contribution is 2.26. The monoisotopic (exact) mass is 419 g/mol. The first kappa shape index (κ1) is 22.6. The van der Waals surface area contributed by atoms with E-state index in [1.807, 2.05) is 49.1 Å². The number of rotatable bonds is 8. The number of amides is 1. The number of nitrogens with two attached hydrogens (primary N) is 1. The first-order valence-electron chi connectivity index (χ1n) is 10.9. The summed E-state index contributed by atoms with van der Waals surface area (Å²) in [6.07, 6.45) is 4.40. The van der Waals surface area contributed by atoms with Crippen molar-refractivity contribution in [2.45, 2.75) is 32.6 Å². The van der Waals surface area contributed by atoms with Gasteiger partial charge in [0, 0.05) is 23.5 Å². The highest BCUT2D eigenvalue weighted by atomic mass is 16.2. The maximum Gasteiger partial charge on any atom is 0.243 e. The molecule has 0 bridgehead atoms. The molecule has 0 saturated carbocycles. The van der Waals surface area contributed by atoms with Gasteiger partial charge in [0.05, 0.1) is 6.54 Å². The molecular weight excluding hydrogens is 386 g/mol. The second-order valence-electron chi connectivity index (χ2n) is 8.32. The molecule has 0 radical (unpaired) electrons. The van der Waals surface area contributed by atoms with Crippen LogP contribution in [0.4, 0.5) is 11.4 Å². The minimum absolute atomic E-state index is 0.0160. The van der Waals surface area contributed by atoms with Gasteiger partial charge < -0.3 is 21.3 Å². The van der Waals surface area contributed by atoms with E-state index in [4.69, 9.17) is 11.1 Å². The molecule has 1 aliphatic heterocycles. The minimum atomic E-state index is -0.0787. The van der Waals surface area contributed by atoms with Gasteiger partial charge in [-0.25, -0.2) is 0 Å². The van der Waals surface area contributed by atoms with Gasteiger partial charge in [-0.1, -0.05) is 35.9 Å². The van der Waals surface area contributed by atoms with E-state index in [0.29, 0.717) is 18.0 Å². The third-order valence-corrected chi connectivity index (χ3v) is 5.58. The number of nitrogens with one attached hydrogen (secondary N) is 3. The summed E-state index contributed by atoms with van der Waals surface area (Å²) in [5.41, 5.74) is 10.5. The largest absolute Gasteiger partial charge is 0.384 e. The predicted molar refractivity (Wildman–Crippen MR) is 129 cm³/mol. The standard InChI is InChI=1S/C25H33N5O/c1-18(2)12-15-30(23-5-3-4-21(16-23)25(26)27)17-24(31)29-22-8-6-19(7-9-22)20-10-13-28-14-11-20/h3-9,12,16,20,28H,10-11,13-15,17H2,1-2H3,(H3,26,27)(H,29,31). The zero-order chi connectivity index (χ0) is 22.2. The summed E-state index contributed by atoms with van der Waals surface area (Å²) < 4.78 is 0. The molecule has 1 fully saturated rings. The fourth-order valence-corrected chi connectivity index (χ4v) is 3.79. The number of hydrogen-bond acceptors (Lipinski definition) is 4. The molecule has 2 aromatic rings. The third kappa shape index (κ3) is 6.69. The highest BCUT2D eigenvalue weighted by Gasteiger charge is 2.16. The molecule has 1 amide bonds. The van der Waals surface area contributed by atoms with E-state index in [2.05, 4.69) is 28.8 Å². The molecule has 0 spiro atoms. The van der Waals surface area contributed by atoms with E-state index in [9.17, 15) is 4.79 Å². The van der Waals surface area contributed by atoms with Crippen LogP contribution in [-0.4, -0.2) is 37.9 Å². The Balaban J connectivity index is 1.67. The van der Waals surface area contributed by atoms with E-state index in [1.165, 1.54) is 11.1 Å². The summed E-state index contributed by atoms with van der Waals surface area (Å²) >= 11 is 0. The van der Waals surface area contributed by atoms with Crippen molar-refractivity contribution in [1.29, 1.82) is 5.41 Å². The van der Waals surface area contributed by atoms with Crippen LogP contribution in [-0.2, 0) is 4.79 Å². The zero-order valence-corrected chi connectivity index (χ0v) is 18.4. The maximum absolute atomic E-state index is 12.8. The molecule has 6 nitrogen and oxygen atoms in total. The zero-order valence-electron chi connectivity index (χ0n) is 18.4. The van der Waals surface area contributed by atoms with E-state index < -0.39 is 0 Å². The first-order valence-corrected chi connectivity index (χ1v) is 10.9. The molecule has 2 aromatic carbocycles. The van der Waals surface area contributed by atoms with Crippen LogP contribution in [0.1, 0.15) is 43.7 Å². The van der Waals surface area contributed by atoms with Gasteiger partial charge in [0.15, 0.2) is 0 Å². The Morgan fingerprint density at radius 3 is 2.55 bits per heavy atom. The molecule has 3 rings (SSSR count). The number of hydrogen-bond donors (Lipinski definition) is 4. The summed E-state index contributed by atoms with van der Waals surface area (Å²) in [7, 11) is 0. The van der Waals surface area contributed by atoms with Crippen molar-refractivity contribution in [2.24, 2.45) is 5.73 Å². The van der Waals surface area contributed by atoms with Crippen LogP contribution >= 0.6 is 0 Å². The fraction of sp³-hybridized carbons (Fsp3) is 0.360. The van der Waals surface area contributed by atoms with Gasteiger partial charge in [-0.15, -0.1) is 0 Å². The van der Waals surface area contributed by atoms with Crippen molar-refractivity contribution in [3.8, 4) is 0 Å². The summed E-state index contributed by atoms with van der Waals surface area (Å²) in [6.45, 7) is 7.01. The van der Waals surface area contributed by atoms with Gasteiger partial charge in [0.25, 0.3) is 0 Å². The molecular formula is C25H33N5O. The average Bonchev–Trinajstić information content (AvgIpc) is 2.77. The average molecular weight is 420 g/mol. The molecule has 1 aliphatic rings. The lowest BCUT2D eigenvalue weighted by Crippen LogP contribution is -2.33. The van der Waals surface area contributed by atoms with Crippen molar-refractivity contribution < 1.29 is 4.79 Å². The molecule has 31 heavy (non-hydrogen) atoms. The number of carbonyl (C=O) groups is 1. The van der Waals surface area contributed by atoms with Gasteiger partial charge in [0.1, 0.15) is 5.84 Å². The highest BCUT2D eigenvalue weighted by molar-refractivity contribution is 5.97. The van der Waals surface area contributed by atoms with Crippen molar-refractivity contribution in [3.63, 3.8) is 0 Å². The molecule has 6 heteroatoms. The van der Waals surface area contributed by atoms with E-state index in [-0.39, 0.29) is 18.3 Å². The first-order chi connectivity index (χ1) is 14.9. The molecule has 1 saturated heterocycles. The Labute approximate surface area is 185 Å². The van der Waals surface area contributed by atoms with Crippen LogP contribution in [0, 0.1) is 5.41 Å². The van der Waals surface area contributed by atoms with Crippen molar-refractivity contribution in [3.05, 3.63) is 71.3 Å². The molecule has 0 aromatic heterocycles. The van der Waals surface area contributed by atoms with Gasteiger partial charge in [-0.2, -0.15) is 0 Å². The van der Waals surface area contributed by atoms with Gasteiger partial charge in [-0.05, 0) is 75.5 Å². The number of piperidine rings is 1. The quantitative estimate of drug-likeness (QED) is 0.297. The molecule has 0 atom stereocenters. The van der Waals surface area contributed by atoms with Crippen LogP contribution in [0.2, 0.25) is 0 Å². The number of allylic oxidation sites excluding steroid dienone is 1. The SMILES string of the molecule is CC(C)=CCN(CC(=O)Nc1ccc(C2CCNCC2)cc1)c1cccc(C(=N)N)c1. The lowest BCUT2D eigenvalue weighted by Gasteiger charge is -2.24. The second-order valence-corrected chi connectivity index (χ2v) is 8.32. The Morgan fingerprint density at radius 2 is 1.90 bits per heavy atom. The molecule has 0 aliphatic carbocycles. The Hall–Kier alpha value is -3.12. The number of nitrogens with zero attached hydrogens (tertiary/aromatic N) is 1. The topological polar surface area (TPSA) is 94.2 Å². The predicted octanol–water partition coefficient (Wildman–Crippen LogP) is 3.85. The number of anilines is 2. The van der Waals surface area contributed by atoms with Gasteiger partial charge in [-0.3, -0.25) is 10.2 Å². The van der Waals surface area contributed by atoms with Crippen LogP contribution in [0.5, 0.6) is 0 Å². The van der Waals surface area contributed by atoms with Gasteiger partial charge in [0.2, 0.25) is 5.91 Å². The Kier molecular flexibility index (Phi) is 7.84. The summed E-state index contributed by atoms with van der Waals surface area (Å²) in [5, 5.41) is 14.1. The second kappa shape index (κ2) is 10.8. The van der Waals surface area contributed by atoms with Crippen molar-refractivity contribution in [1.82, 2.24) is 5.32 Å². The Morgan fingerprint density at radius 1 is 1.19 bits per heavy atom. The smallest absolute Gasteiger partial charge is 0.243 e. The number of nitrogen functional groups attached to an aromatic ring is 1. The lowest BCUT2D eigenvalue weighted by atomic mass is 9.90. The Bertz CT molecular complexity index is 925. The normalized spacial score (nSPS) is 14.0. The summed E-state index contributed by atoms with van der Waals surface area (Å²) in [6, 6.07) is 15.7. The number of benzene rings is 2. The van der Waals surface area contributed by atoms with Crippen molar-refractivity contribution >= 4 is 23.1 Å². The molecule has 164 valence electrons. The van der Waals surface area contributed by atoms with Crippen LogP contribution < -0.4 is 21.3 Å². The minimum Gasteiger partial charge on any atom is -0.384 e. The lowest BCUT2D eigenvalue weighted by molar-refractivity contribution is -0.115. The summed E-state index contributed by atoms with van der Waals surface area (Å²) in [5.74, 6) is 0.534.